The second-order valence-corrected chi connectivity index (χ2v) is 9.37. The molecule has 1 aromatic heterocycles. The summed E-state index contributed by atoms with van der Waals surface area (Å²) >= 11 is 0. The van der Waals surface area contributed by atoms with Crippen molar-refractivity contribution in [1.29, 1.82) is 0 Å². The number of aromatic carboxylic acids is 1. The number of rotatable bonds is 7. The van der Waals surface area contributed by atoms with Crippen LogP contribution in [0.25, 0.3) is 11.4 Å². The number of aromatic nitrogens is 2. The molecule has 10 heteroatoms. The Morgan fingerprint density at radius 2 is 1.72 bits per heavy atom. The van der Waals surface area contributed by atoms with Crippen molar-refractivity contribution in [2.24, 2.45) is 5.73 Å². The lowest BCUT2D eigenvalue weighted by molar-refractivity contribution is 0.0696. The van der Waals surface area contributed by atoms with E-state index in [2.05, 4.69) is 14.7 Å². The molecule has 0 radical (unpaired) electrons. The van der Waals surface area contributed by atoms with Crippen molar-refractivity contribution < 1.29 is 22.7 Å². The number of nitrogens with two attached hydrogens (primary N) is 1. The first-order valence-corrected chi connectivity index (χ1v) is 11.2. The van der Waals surface area contributed by atoms with Gasteiger partial charge in [0.25, 0.3) is 0 Å². The minimum Gasteiger partial charge on any atom is -0.478 e. The lowest BCUT2D eigenvalue weighted by Gasteiger charge is -2.10. The molecule has 0 saturated carbocycles. The average molecular weight is 461 g/mol. The number of carbonyl (C=O) groups is 1. The molecule has 2 aromatic carbocycles. The van der Waals surface area contributed by atoms with Gasteiger partial charge in [0.2, 0.25) is 10.0 Å². The predicted octanol–water partition coefficient (Wildman–Crippen LogP) is 2.95. The number of carboxylic acid groups (broad SMARTS) is 1. The number of nitrogens with one attached hydrogen (secondary N) is 1. The molecule has 170 valence electrons. The van der Waals surface area contributed by atoms with Gasteiger partial charge in [-0.25, -0.2) is 32.3 Å². The van der Waals surface area contributed by atoms with E-state index in [-0.39, 0.29) is 11.4 Å². The molecule has 32 heavy (non-hydrogen) atoms. The van der Waals surface area contributed by atoms with E-state index in [0.717, 1.165) is 11.1 Å². The van der Waals surface area contributed by atoms with Crippen molar-refractivity contribution in [2.45, 2.75) is 32.2 Å². The Bertz CT molecular complexity index is 1150. The molecule has 8 nitrogen and oxygen atoms in total. The predicted molar refractivity (Wildman–Crippen MR) is 120 cm³/mol. The number of carboxylic acids is 1. The van der Waals surface area contributed by atoms with E-state index in [1.54, 1.807) is 26.0 Å². The molecule has 0 saturated heterocycles. The Hall–Kier alpha value is -3.21. The maximum Gasteiger partial charge on any atom is 0.338 e. The van der Waals surface area contributed by atoms with Crippen LogP contribution >= 0.6 is 0 Å². The lowest BCUT2D eigenvalue weighted by Crippen LogP contribution is -2.30. The third-order valence-corrected chi connectivity index (χ3v) is 6.09. The zero-order valence-corrected chi connectivity index (χ0v) is 18.5. The molecule has 0 aliphatic rings. The number of benzene rings is 2. The molecular formula is C22H25FN4O4S. The first kappa shape index (κ1) is 25.1. The standard InChI is InChI=1S/C11H7FN2O2.C11H18N2O2S/c12-9-3-1-2-7(4-9)10-13-5-8(6-14-10)11(15)16;1-9(2)16(14,15)13-8-11-5-3-4-10(6-11)7-12/h1-6H,(H,15,16);3-6,9,13H,7-8,12H2,1-2H3. The van der Waals surface area contributed by atoms with Gasteiger partial charge in [-0.05, 0) is 37.1 Å². The van der Waals surface area contributed by atoms with Crippen molar-refractivity contribution in [3.8, 4) is 11.4 Å². The molecule has 1 heterocycles. The molecule has 0 bridgehead atoms. The zero-order valence-electron chi connectivity index (χ0n) is 17.7. The third-order valence-electron chi connectivity index (χ3n) is 4.31. The monoisotopic (exact) mass is 460 g/mol. The summed E-state index contributed by atoms with van der Waals surface area (Å²) in [6, 6.07) is 13.4. The van der Waals surface area contributed by atoms with E-state index in [0.29, 0.717) is 24.5 Å². The third kappa shape index (κ3) is 7.49. The summed E-state index contributed by atoms with van der Waals surface area (Å²) in [7, 11) is -3.20. The Balaban J connectivity index is 0.000000227. The summed E-state index contributed by atoms with van der Waals surface area (Å²) in [5.41, 5.74) is 7.95. The zero-order chi connectivity index (χ0) is 23.7. The second-order valence-electron chi connectivity index (χ2n) is 7.05. The van der Waals surface area contributed by atoms with Crippen molar-refractivity contribution in [2.75, 3.05) is 0 Å². The van der Waals surface area contributed by atoms with Crippen LogP contribution in [0.3, 0.4) is 0 Å². The van der Waals surface area contributed by atoms with Crippen LogP contribution in [-0.2, 0) is 23.1 Å². The molecule has 3 aromatic rings. The smallest absolute Gasteiger partial charge is 0.338 e. The highest BCUT2D eigenvalue weighted by molar-refractivity contribution is 7.90. The molecule has 4 N–H and O–H groups in total. The van der Waals surface area contributed by atoms with E-state index in [1.165, 1.54) is 24.5 Å². The summed E-state index contributed by atoms with van der Waals surface area (Å²) in [5.74, 6) is -1.18. The van der Waals surface area contributed by atoms with Crippen LogP contribution in [0.2, 0.25) is 0 Å². The molecule has 0 amide bonds. The van der Waals surface area contributed by atoms with Gasteiger partial charge in [-0.2, -0.15) is 0 Å². The second kappa shape index (κ2) is 11.4. The number of sulfonamides is 1. The van der Waals surface area contributed by atoms with E-state index in [9.17, 15) is 17.6 Å². The van der Waals surface area contributed by atoms with Gasteiger partial charge in [0, 0.05) is 31.0 Å². The molecular weight excluding hydrogens is 435 g/mol. The van der Waals surface area contributed by atoms with Crippen LogP contribution in [0, 0.1) is 5.82 Å². The summed E-state index contributed by atoms with van der Waals surface area (Å²) in [4.78, 5) is 18.3. The Kier molecular flexibility index (Phi) is 8.94. The minimum atomic E-state index is -3.20. The van der Waals surface area contributed by atoms with Gasteiger partial charge >= 0.3 is 5.97 Å². The minimum absolute atomic E-state index is 0.000142. The fourth-order valence-corrected chi connectivity index (χ4v) is 3.13. The van der Waals surface area contributed by atoms with Crippen LogP contribution in [0.15, 0.2) is 60.9 Å². The number of nitrogens with zero attached hydrogens (tertiary/aromatic N) is 2. The van der Waals surface area contributed by atoms with Crippen LogP contribution in [-0.4, -0.2) is 34.7 Å². The number of hydrogen-bond acceptors (Lipinski definition) is 6. The van der Waals surface area contributed by atoms with Gasteiger partial charge in [-0.3, -0.25) is 0 Å². The Morgan fingerprint density at radius 3 is 2.28 bits per heavy atom. The Labute approximate surface area is 186 Å². The fraction of sp³-hybridized carbons (Fsp3) is 0.227. The van der Waals surface area contributed by atoms with Gasteiger partial charge in [0.15, 0.2) is 5.82 Å². The highest BCUT2D eigenvalue weighted by Crippen LogP contribution is 2.15. The summed E-state index contributed by atoms with van der Waals surface area (Å²) in [6.45, 7) is 4.08. The van der Waals surface area contributed by atoms with Crippen LogP contribution in [0.1, 0.15) is 35.3 Å². The SMILES string of the molecule is CC(C)S(=O)(=O)NCc1cccc(CN)c1.O=C(O)c1cnc(-c2cccc(F)c2)nc1. The summed E-state index contributed by atoms with van der Waals surface area (Å²) in [5, 5.41) is 8.24. The molecule has 0 spiro atoms. The highest BCUT2D eigenvalue weighted by Gasteiger charge is 2.14. The first-order valence-electron chi connectivity index (χ1n) is 9.70. The average Bonchev–Trinajstić information content (AvgIpc) is 2.78. The van der Waals surface area contributed by atoms with Gasteiger partial charge in [-0.15, -0.1) is 0 Å². The van der Waals surface area contributed by atoms with E-state index < -0.39 is 21.2 Å². The number of hydrogen-bond donors (Lipinski definition) is 3. The molecule has 0 aliphatic heterocycles. The highest BCUT2D eigenvalue weighted by atomic mass is 32.2. The largest absolute Gasteiger partial charge is 0.478 e. The van der Waals surface area contributed by atoms with E-state index >= 15 is 0 Å². The number of halogens is 1. The molecule has 0 fully saturated rings. The van der Waals surface area contributed by atoms with E-state index in [4.69, 9.17) is 10.8 Å². The van der Waals surface area contributed by atoms with Crippen LogP contribution in [0.4, 0.5) is 4.39 Å². The Morgan fingerprint density at radius 1 is 1.09 bits per heavy atom. The molecule has 3 rings (SSSR count). The molecule has 0 aliphatic carbocycles. The van der Waals surface area contributed by atoms with Crippen molar-refractivity contribution >= 4 is 16.0 Å². The van der Waals surface area contributed by atoms with Crippen molar-refractivity contribution in [1.82, 2.24) is 14.7 Å². The maximum atomic E-state index is 12.9. The fourth-order valence-electron chi connectivity index (χ4n) is 2.43. The molecule has 0 unspecified atom stereocenters. The normalized spacial score (nSPS) is 11.0. The van der Waals surface area contributed by atoms with Gasteiger partial charge in [0.05, 0.1) is 10.8 Å². The van der Waals surface area contributed by atoms with Crippen LogP contribution in [0.5, 0.6) is 0 Å². The molecule has 0 atom stereocenters. The summed E-state index contributed by atoms with van der Waals surface area (Å²) in [6.07, 6.45) is 2.38. The topological polar surface area (TPSA) is 135 Å². The van der Waals surface area contributed by atoms with Gasteiger partial charge < -0.3 is 10.8 Å². The van der Waals surface area contributed by atoms with Crippen molar-refractivity contribution in [3.05, 3.63) is 83.4 Å². The van der Waals surface area contributed by atoms with E-state index in [1.807, 2.05) is 24.3 Å². The first-order chi connectivity index (χ1) is 15.1. The van der Waals surface area contributed by atoms with Crippen LogP contribution < -0.4 is 10.5 Å². The summed E-state index contributed by atoms with van der Waals surface area (Å²) < 4.78 is 38.5. The van der Waals surface area contributed by atoms with Crippen molar-refractivity contribution in [3.63, 3.8) is 0 Å². The van der Waals surface area contributed by atoms with Gasteiger partial charge in [-0.1, -0.05) is 36.4 Å². The quantitative estimate of drug-likeness (QED) is 0.493. The van der Waals surface area contributed by atoms with Gasteiger partial charge in [0.1, 0.15) is 5.82 Å². The lowest BCUT2D eigenvalue weighted by atomic mass is 10.1. The maximum absolute atomic E-state index is 12.9.